The van der Waals surface area contributed by atoms with Gasteiger partial charge in [-0.25, -0.2) is 0 Å². The van der Waals surface area contributed by atoms with Gasteiger partial charge < -0.3 is 10.1 Å². The number of methoxy groups -OCH3 is 1. The zero-order chi connectivity index (χ0) is 11.0. The molecular formula is C11H23NO2. The summed E-state index contributed by atoms with van der Waals surface area (Å²) in [5.74, 6) is -0.124. The summed E-state index contributed by atoms with van der Waals surface area (Å²) in [6.07, 6.45) is 3.54. The van der Waals surface area contributed by atoms with Gasteiger partial charge in [-0.2, -0.15) is 0 Å². The summed E-state index contributed by atoms with van der Waals surface area (Å²) in [6.45, 7) is 7.21. The zero-order valence-corrected chi connectivity index (χ0v) is 9.85. The molecule has 1 unspecified atom stereocenters. The molecule has 0 fully saturated rings. The Morgan fingerprint density at radius 3 is 2.36 bits per heavy atom. The Balaban J connectivity index is 4.39. The lowest BCUT2D eigenvalue weighted by Crippen LogP contribution is -2.46. The quantitative estimate of drug-likeness (QED) is 0.641. The summed E-state index contributed by atoms with van der Waals surface area (Å²) in [7, 11) is 1.45. The number of hydrogen-bond donors (Lipinski definition) is 1. The minimum absolute atomic E-state index is 0.0589. The number of ether oxygens (including phenoxy) is 1. The lowest BCUT2D eigenvalue weighted by molar-refractivity contribution is -0.142. The monoisotopic (exact) mass is 201 g/mol. The van der Waals surface area contributed by atoms with Crippen LogP contribution in [0.3, 0.4) is 0 Å². The van der Waals surface area contributed by atoms with E-state index in [1.807, 2.05) is 0 Å². The summed E-state index contributed by atoms with van der Waals surface area (Å²) in [5, 5.41) is 3.41. The van der Waals surface area contributed by atoms with E-state index in [2.05, 4.69) is 26.1 Å². The van der Waals surface area contributed by atoms with E-state index in [1.165, 1.54) is 7.11 Å². The second-order valence-corrected chi connectivity index (χ2v) is 3.67. The summed E-state index contributed by atoms with van der Waals surface area (Å²) in [5.41, 5.74) is -0.0589. The standard InChI is InChI=1S/C11H23NO2/c1-5-8-11(6-2,12-7-3)9-10(13)14-4/h12H,5-9H2,1-4H3. The molecule has 0 saturated heterocycles. The number of carbonyl (C=O) groups excluding carboxylic acids is 1. The number of esters is 1. The fraction of sp³-hybridized carbons (Fsp3) is 0.909. The molecule has 84 valence electrons. The number of carbonyl (C=O) groups is 1. The highest BCUT2D eigenvalue weighted by atomic mass is 16.5. The third kappa shape index (κ3) is 4.09. The third-order valence-electron chi connectivity index (χ3n) is 2.67. The molecule has 0 radical (unpaired) electrons. The van der Waals surface area contributed by atoms with Crippen LogP contribution in [-0.2, 0) is 9.53 Å². The highest BCUT2D eigenvalue weighted by molar-refractivity contribution is 5.70. The molecular weight excluding hydrogens is 178 g/mol. The molecule has 3 heteroatoms. The molecule has 0 aromatic heterocycles. The Kier molecular flexibility index (Phi) is 6.54. The number of rotatable bonds is 7. The van der Waals surface area contributed by atoms with Crippen molar-refractivity contribution >= 4 is 5.97 Å². The van der Waals surface area contributed by atoms with Gasteiger partial charge in [0, 0.05) is 5.54 Å². The maximum Gasteiger partial charge on any atom is 0.307 e. The largest absolute Gasteiger partial charge is 0.469 e. The molecule has 1 atom stereocenters. The second kappa shape index (κ2) is 6.82. The van der Waals surface area contributed by atoms with Gasteiger partial charge in [0.25, 0.3) is 0 Å². The molecule has 1 N–H and O–H groups in total. The molecule has 0 aromatic rings. The van der Waals surface area contributed by atoms with Crippen molar-refractivity contribution in [2.45, 2.75) is 52.0 Å². The van der Waals surface area contributed by atoms with Gasteiger partial charge >= 0.3 is 5.97 Å². The topological polar surface area (TPSA) is 38.3 Å². The van der Waals surface area contributed by atoms with Crippen LogP contribution in [0.5, 0.6) is 0 Å². The van der Waals surface area contributed by atoms with E-state index in [0.29, 0.717) is 6.42 Å². The molecule has 14 heavy (non-hydrogen) atoms. The molecule has 0 amide bonds. The van der Waals surface area contributed by atoms with Crippen LogP contribution < -0.4 is 5.32 Å². The smallest absolute Gasteiger partial charge is 0.307 e. The molecule has 0 aliphatic rings. The van der Waals surface area contributed by atoms with Crippen molar-refractivity contribution in [2.24, 2.45) is 0 Å². The van der Waals surface area contributed by atoms with Gasteiger partial charge in [-0.15, -0.1) is 0 Å². The molecule has 3 nitrogen and oxygen atoms in total. The highest BCUT2D eigenvalue weighted by Crippen LogP contribution is 2.22. The average molecular weight is 201 g/mol. The number of nitrogens with one attached hydrogen (secondary N) is 1. The van der Waals surface area contributed by atoms with Crippen molar-refractivity contribution in [3.63, 3.8) is 0 Å². The van der Waals surface area contributed by atoms with Crippen LogP contribution in [0.1, 0.15) is 46.5 Å². The van der Waals surface area contributed by atoms with Gasteiger partial charge in [0.05, 0.1) is 13.5 Å². The van der Waals surface area contributed by atoms with Gasteiger partial charge in [-0.05, 0) is 19.4 Å². The first-order valence-electron chi connectivity index (χ1n) is 5.46. The molecule has 0 rings (SSSR count). The SMILES string of the molecule is CCCC(CC)(CC(=O)OC)NCC. The van der Waals surface area contributed by atoms with Crippen LogP contribution in [-0.4, -0.2) is 25.2 Å². The van der Waals surface area contributed by atoms with E-state index in [4.69, 9.17) is 4.74 Å². The Bertz CT molecular complexity index is 163. The summed E-state index contributed by atoms with van der Waals surface area (Å²) < 4.78 is 4.72. The zero-order valence-electron chi connectivity index (χ0n) is 9.85. The Morgan fingerprint density at radius 1 is 1.36 bits per heavy atom. The Hall–Kier alpha value is -0.570. The summed E-state index contributed by atoms with van der Waals surface area (Å²) in [6, 6.07) is 0. The van der Waals surface area contributed by atoms with Gasteiger partial charge in [0.15, 0.2) is 0 Å². The lowest BCUT2D eigenvalue weighted by atomic mass is 9.87. The van der Waals surface area contributed by atoms with Crippen LogP contribution in [0.25, 0.3) is 0 Å². The fourth-order valence-corrected chi connectivity index (χ4v) is 1.87. The van der Waals surface area contributed by atoms with E-state index >= 15 is 0 Å². The Labute approximate surface area is 87.2 Å². The minimum Gasteiger partial charge on any atom is -0.469 e. The normalized spacial score (nSPS) is 14.9. The molecule has 0 aliphatic carbocycles. The fourth-order valence-electron chi connectivity index (χ4n) is 1.87. The predicted molar refractivity (Wildman–Crippen MR) is 58.2 cm³/mol. The number of hydrogen-bond acceptors (Lipinski definition) is 3. The average Bonchev–Trinajstić information content (AvgIpc) is 2.18. The highest BCUT2D eigenvalue weighted by Gasteiger charge is 2.29. The van der Waals surface area contributed by atoms with Crippen molar-refractivity contribution in [3.8, 4) is 0 Å². The van der Waals surface area contributed by atoms with E-state index in [9.17, 15) is 4.79 Å². The first kappa shape index (κ1) is 13.4. The molecule has 0 bridgehead atoms. The van der Waals surface area contributed by atoms with E-state index in [0.717, 1.165) is 25.8 Å². The summed E-state index contributed by atoms with van der Waals surface area (Å²) in [4.78, 5) is 11.3. The van der Waals surface area contributed by atoms with Gasteiger partial charge in [0.2, 0.25) is 0 Å². The summed E-state index contributed by atoms with van der Waals surface area (Å²) >= 11 is 0. The molecule has 0 spiro atoms. The van der Waals surface area contributed by atoms with Crippen LogP contribution in [0.2, 0.25) is 0 Å². The van der Waals surface area contributed by atoms with Gasteiger partial charge in [-0.1, -0.05) is 27.2 Å². The molecule has 0 aromatic carbocycles. The molecule has 0 heterocycles. The predicted octanol–water partition coefficient (Wildman–Crippen LogP) is 2.11. The first-order valence-corrected chi connectivity index (χ1v) is 5.46. The van der Waals surface area contributed by atoms with E-state index in [1.54, 1.807) is 0 Å². The lowest BCUT2D eigenvalue weighted by Gasteiger charge is -2.32. The maximum absolute atomic E-state index is 11.3. The molecule has 0 aliphatic heterocycles. The van der Waals surface area contributed by atoms with Crippen LogP contribution in [0.4, 0.5) is 0 Å². The molecule has 0 saturated carbocycles. The third-order valence-corrected chi connectivity index (χ3v) is 2.67. The van der Waals surface area contributed by atoms with Gasteiger partial charge in [-0.3, -0.25) is 4.79 Å². The second-order valence-electron chi connectivity index (χ2n) is 3.67. The van der Waals surface area contributed by atoms with Crippen LogP contribution in [0.15, 0.2) is 0 Å². The maximum atomic E-state index is 11.3. The van der Waals surface area contributed by atoms with E-state index in [-0.39, 0.29) is 11.5 Å². The van der Waals surface area contributed by atoms with Crippen molar-refractivity contribution in [1.29, 1.82) is 0 Å². The minimum atomic E-state index is -0.124. The van der Waals surface area contributed by atoms with Crippen LogP contribution in [0, 0.1) is 0 Å². The van der Waals surface area contributed by atoms with Crippen LogP contribution >= 0.6 is 0 Å². The van der Waals surface area contributed by atoms with E-state index < -0.39 is 0 Å². The first-order chi connectivity index (χ1) is 6.64. The van der Waals surface area contributed by atoms with Crippen molar-refractivity contribution in [2.75, 3.05) is 13.7 Å². The van der Waals surface area contributed by atoms with Gasteiger partial charge in [0.1, 0.15) is 0 Å². The van der Waals surface area contributed by atoms with Crippen molar-refractivity contribution in [1.82, 2.24) is 5.32 Å². The Morgan fingerprint density at radius 2 is 2.00 bits per heavy atom. The van der Waals surface area contributed by atoms with Crippen molar-refractivity contribution in [3.05, 3.63) is 0 Å². The van der Waals surface area contributed by atoms with Crippen molar-refractivity contribution < 1.29 is 9.53 Å².